The fraction of sp³-hybridized carbons (Fsp3) is 1.00. The maximum Gasteiger partial charge on any atom is 0.123 e. The Balaban J connectivity index is 2.32. The van der Waals surface area contributed by atoms with E-state index in [1.165, 1.54) is 32.4 Å². The molecule has 124 valence electrons. The normalized spacial score (nSPS) is 43.9. The Morgan fingerprint density at radius 1 is 0.619 bits per heavy atom. The lowest BCUT2D eigenvalue weighted by Crippen LogP contribution is -2.54. The average Bonchev–Trinajstić information content (AvgIpc) is 2.58. The quantitative estimate of drug-likeness (QED) is 0.644. The molecule has 1 aliphatic carbocycles. The van der Waals surface area contributed by atoms with Crippen molar-refractivity contribution in [2.45, 2.75) is 77.3 Å². The Hall–Kier alpha value is 0.354. The van der Waals surface area contributed by atoms with Crippen molar-refractivity contribution >= 4 is 16.5 Å². The number of fused-ring (bicyclic) bond motifs is 2. The molecule has 4 heteroatoms. The topological polar surface area (TPSA) is 24.1 Å². The zero-order chi connectivity index (χ0) is 15.8. The summed E-state index contributed by atoms with van der Waals surface area (Å²) in [5.41, 5.74) is 1.87. The van der Waals surface area contributed by atoms with E-state index >= 15 is 0 Å². The van der Waals surface area contributed by atoms with Crippen molar-refractivity contribution in [3.8, 4) is 0 Å². The molecule has 4 atom stereocenters. The summed E-state index contributed by atoms with van der Waals surface area (Å²) in [6, 6.07) is 0. The first kappa shape index (κ1) is 17.7. The van der Waals surface area contributed by atoms with Gasteiger partial charge >= 0.3 is 0 Å². The van der Waals surface area contributed by atoms with Gasteiger partial charge in [-0.15, -0.1) is 0 Å². The second-order valence-electron chi connectivity index (χ2n) is 8.99. The molecule has 0 spiro atoms. The zero-order valence-corrected chi connectivity index (χ0v) is 17.4. The third-order valence-corrected chi connectivity index (χ3v) is 14.5. The summed E-state index contributed by atoms with van der Waals surface area (Å²) >= 11 is 0. The summed E-state index contributed by atoms with van der Waals surface area (Å²) in [6.07, 6.45) is 4.09. The molecule has 0 radical (unpaired) electrons. The fourth-order valence-corrected chi connectivity index (χ4v) is 14.5. The Kier molecular flexibility index (Phi) is 5.45. The van der Waals surface area contributed by atoms with Crippen molar-refractivity contribution in [2.75, 3.05) is 13.1 Å². The maximum atomic E-state index is 4.05. The van der Waals surface area contributed by atoms with Crippen LogP contribution in [-0.4, -0.2) is 29.6 Å². The molecule has 1 saturated heterocycles. The van der Waals surface area contributed by atoms with Gasteiger partial charge in [0.15, 0.2) is 0 Å². The molecule has 2 fully saturated rings. The molecule has 0 aromatic carbocycles. The van der Waals surface area contributed by atoms with Gasteiger partial charge in [-0.1, -0.05) is 53.4 Å². The molecule has 2 bridgehead atoms. The minimum atomic E-state index is -1.34. The lowest BCUT2D eigenvalue weighted by atomic mass is 10.0. The van der Waals surface area contributed by atoms with Crippen molar-refractivity contribution in [2.24, 2.45) is 17.8 Å². The van der Waals surface area contributed by atoms with E-state index in [9.17, 15) is 0 Å². The van der Waals surface area contributed by atoms with Crippen molar-refractivity contribution in [1.82, 2.24) is 9.96 Å². The molecule has 4 unspecified atom stereocenters. The summed E-state index contributed by atoms with van der Waals surface area (Å²) in [7, 11) is -2.68. The van der Waals surface area contributed by atoms with Crippen LogP contribution in [0.3, 0.4) is 0 Å². The minimum Gasteiger partial charge on any atom is -0.337 e. The second kappa shape index (κ2) is 6.46. The standard InChI is InChI=1S/C17H38N2Si2/c1-13-14(2)17-15(3)16(13)20(4,5)18-11-9-8-10-12-19-21(17,6)7/h13-19H,8-12H2,1-7H3. The lowest BCUT2D eigenvalue weighted by molar-refractivity contribution is 0.442. The monoisotopic (exact) mass is 326 g/mol. The highest BCUT2D eigenvalue weighted by atomic mass is 28.3. The van der Waals surface area contributed by atoms with Crippen LogP contribution in [0.4, 0.5) is 0 Å². The fourth-order valence-electron chi connectivity index (χ4n) is 5.95. The molecule has 2 nitrogen and oxygen atoms in total. The Morgan fingerprint density at radius 3 is 1.38 bits per heavy atom. The summed E-state index contributed by atoms with van der Waals surface area (Å²) in [5, 5.41) is 0. The van der Waals surface area contributed by atoms with E-state index in [4.69, 9.17) is 0 Å². The molecular weight excluding hydrogens is 288 g/mol. The zero-order valence-electron chi connectivity index (χ0n) is 15.4. The predicted molar refractivity (Wildman–Crippen MR) is 99.8 cm³/mol. The molecule has 1 aliphatic heterocycles. The van der Waals surface area contributed by atoms with Gasteiger partial charge in [-0.05, 0) is 54.8 Å². The summed E-state index contributed by atoms with van der Waals surface area (Å²) in [6.45, 7) is 20.5. The van der Waals surface area contributed by atoms with Gasteiger partial charge in [-0.2, -0.15) is 0 Å². The van der Waals surface area contributed by atoms with E-state index in [0.29, 0.717) is 0 Å². The van der Waals surface area contributed by atoms with E-state index in [2.05, 4.69) is 56.9 Å². The molecule has 2 rings (SSSR count). The van der Waals surface area contributed by atoms with Gasteiger partial charge in [0.25, 0.3) is 0 Å². The van der Waals surface area contributed by atoms with Crippen LogP contribution in [0.5, 0.6) is 0 Å². The van der Waals surface area contributed by atoms with Crippen LogP contribution in [-0.2, 0) is 0 Å². The smallest absolute Gasteiger partial charge is 0.123 e. The second-order valence-corrected chi connectivity index (χ2v) is 17.9. The summed E-state index contributed by atoms with van der Waals surface area (Å²) in [5.74, 6) is 2.65. The van der Waals surface area contributed by atoms with Crippen molar-refractivity contribution in [1.29, 1.82) is 0 Å². The van der Waals surface area contributed by atoms with E-state index in [1.54, 1.807) is 0 Å². The molecule has 2 aliphatic rings. The third kappa shape index (κ3) is 3.49. The van der Waals surface area contributed by atoms with Gasteiger partial charge in [0.05, 0.1) is 0 Å². The Bertz CT molecular complexity index is 325. The van der Waals surface area contributed by atoms with Crippen LogP contribution in [0.25, 0.3) is 0 Å². The van der Waals surface area contributed by atoms with E-state index in [0.717, 1.165) is 28.8 Å². The van der Waals surface area contributed by atoms with Crippen LogP contribution in [0.2, 0.25) is 37.3 Å². The van der Waals surface area contributed by atoms with E-state index < -0.39 is 16.5 Å². The summed E-state index contributed by atoms with van der Waals surface area (Å²) < 4.78 is 0. The molecule has 1 saturated carbocycles. The molecule has 1 heterocycles. The molecule has 0 aromatic rings. The minimum absolute atomic E-state index is 0.883. The van der Waals surface area contributed by atoms with Gasteiger partial charge in [-0.25, -0.2) is 0 Å². The Labute approximate surface area is 135 Å². The highest BCUT2D eigenvalue weighted by Crippen LogP contribution is 2.58. The van der Waals surface area contributed by atoms with Crippen molar-refractivity contribution < 1.29 is 0 Å². The average molecular weight is 327 g/mol. The Morgan fingerprint density at radius 2 is 1.00 bits per heavy atom. The molecule has 2 N–H and O–H groups in total. The van der Waals surface area contributed by atoms with E-state index in [-0.39, 0.29) is 0 Å². The van der Waals surface area contributed by atoms with Gasteiger partial charge in [0.1, 0.15) is 16.5 Å². The van der Waals surface area contributed by atoms with Crippen molar-refractivity contribution in [3.05, 3.63) is 0 Å². The number of rotatable bonds is 0. The summed E-state index contributed by atoms with van der Waals surface area (Å²) in [4.78, 5) is 8.09. The van der Waals surface area contributed by atoms with E-state index in [1.807, 2.05) is 0 Å². The highest BCUT2D eigenvalue weighted by Gasteiger charge is 2.55. The number of hydrogen-bond donors (Lipinski definition) is 2. The van der Waals surface area contributed by atoms with Crippen LogP contribution < -0.4 is 9.96 Å². The van der Waals surface area contributed by atoms with Gasteiger partial charge < -0.3 is 9.96 Å². The van der Waals surface area contributed by atoms with Crippen LogP contribution in [0, 0.1) is 17.8 Å². The first-order valence-electron chi connectivity index (χ1n) is 9.18. The molecular formula is C17H38N2Si2. The largest absolute Gasteiger partial charge is 0.337 e. The lowest BCUT2D eigenvalue weighted by Gasteiger charge is -2.40. The number of nitrogens with one attached hydrogen (secondary N) is 2. The van der Waals surface area contributed by atoms with Gasteiger partial charge in [0.2, 0.25) is 0 Å². The van der Waals surface area contributed by atoms with Gasteiger partial charge in [-0.3, -0.25) is 0 Å². The van der Waals surface area contributed by atoms with Crippen LogP contribution in [0.1, 0.15) is 40.0 Å². The van der Waals surface area contributed by atoms with Crippen LogP contribution >= 0.6 is 0 Å². The first-order chi connectivity index (χ1) is 9.68. The molecule has 0 amide bonds. The SMILES string of the molecule is CC1C(C)C2C(C)C1[Si](C)(C)NCCCCCN[Si]2(C)C. The third-order valence-electron chi connectivity index (χ3n) is 6.78. The molecule has 21 heavy (non-hydrogen) atoms. The predicted octanol–water partition coefficient (Wildman–Crippen LogP) is 4.42. The molecule has 0 aromatic heterocycles. The number of hydrogen-bond acceptors (Lipinski definition) is 2. The van der Waals surface area contributed by atoms with Crippen molar-refractivity contribution in [3.63, 3.8) is 0 Å². The highest BCUT2D eigenvalue weighted by molar-refractivity contribution is 6.78. The first-order valence-corrected chi connectivity index (χ1v) is 15.3. The van der Waals surface area contributed by atoms with Gasteiger partial charge in [0, 0.05) is 0 Å². The van der Waals surface area contributed by atoms with Crippen LogP contribution in [0.15, 0.2) is 0 Å². The maximum absolute atomic E-state index is 4.05.